The van der Waals surface area contributed by atoms with Crippen LogP contribution in [0.1, 0.15) is 82.0 Å². The zero-order valence-corrected chi connectivity index (χ0v) is 30.0. The van der Waals surface area contributed by atoms with E-state index in [9.17, 15) is 19.2 Å². The van der Waals surface area contributed by atoms with Crippen molar-refractivity contribution < 1.29 is 33.2 Å². The number of hydrogen-bond acceptors (Lipinski definition) is 9. The average Bonchev–Trinajstić information content (AvgIpc) is 3.39. The fraction of sp³-hybridized carbons (Fsp3) is 0.450. The predicted molar refractivity (Wildman–Crippen MR) is 193 cm³/mol. The number of ether oxygens (including phenoxy) is 2. The Balaban J connectivity index is 1.22. The smallest absolute Gasteiger partial charge is 0.333 e. The van der Waals surface area contributed by atoms with Crippen LogP contribution < -0.4 is 15.4 Å². The number of carbonyl (C=O) groups excluding carboxylic acids is 4. The van der Waals surface area contributed by atoms with Crippen molar-refractivity contribution in [2.75, 3.05) is 6.54 Å². The van der Waals surface area contributed by atoms with E-state index in [-0.39, 0.29) is 24.6 Å². The van der Waals surface area contributed by atoms with E-state index < -0.39 is 53.0 Å². The number of hydrogen-bond donors (Lipinski definition) is 2. The summed E-state index contributed by atoms with van der Waals surface area (Å²) in [6.07, 6.45) is 7.47. The number of aryl methyl sites for hydroxylation is 1. The van der Waals surface area contributed by atoms with Gasteiger partial charge < -0.3 is 29.5 Å². The Morgan fingerprint density at radius 3 is 2.52 bits per heavy atom. The summed E-state index contributed by atoms with van der Waals surface area (Å²) < 4.78 is 17.5. The first-order valence-electron chi connectivity index (χ1n) is 18.1. The third-order valence-electron chi connectivity index (χ3n) is 10.0. The number of rotatable bonds is 5. The molecule has 2 aliphatic heterocycles. The molecule has 0 unspecified atom stereocenters. The van der Waals surface area contributed by atoms with E-state index >= 15 is 0 Å². The van der Waals surface area contributed by atoms with Gasteiger partial charge in [-0.3, -0.25) is 14.4 Å². The van der Waals surface area contributed by atoms with E-state index in [0.717, 1.165) is 40.9 Å². The van der Waals surface area contributed by atoms with Gasteiger partial charge in [-0.25, -0.2) is 9.78 Å². The molecule has 0 bridgehead atoms. The summed E-state index contributed by atoms with van der Waals surface area (Å²) in [6.45, 7) is 7.13. The number of amides is 3. The van der Waals surface area contributed by atoms with Crippen molar-refractivity contribution >= 4 is 45.4 Å². The van der Waals surface area contributed by atoms with Crippen LogP contribution in [0.2, 0.25) is 0 Å². The first-order valence-corrected chi connectivity index (χ1v) is 18.1. The minimum atomic E-state index is -1.25. The van der Waals surface area contributed by atoms with Gasteiger partial charge in [0, 0.05) is 29.2 Å². The molecule has 2 aromatic heterocycles. The number of aromatic nitrogens is 2. The lowest BCUT2D eigenvalue weighted by atomic mass is 10.0. The summed E-state index contributed by atoms with van der Waals surface area (Å²) in [4.78, 5) is 62.3. The molecule has 52 heavy (non-hydrogen) atoms. The zero-order valence-electron chi connectivity index (χ0n) is 30.0. The first kappa shape index (κ1) is 35.2. The van der Waals surface area contributed by atoms with Crippen molar-refractivity contribution in [2.24, 2.45) is 5.92 Å². The largest absolute Gasteiger partial charge is 0.472 e. The van der Waals surface area contributed by atoms with Crippen LogP contribution in [0.25, 0.3) is 21.7 Å². The summed E-state index contributed by atoms with van der Waals surface area (Å²) >= 11 is 0. The second-order valence-electron chi connectivity index (χ2n) is 15.1. The summed E-state index contributed by atoms with van der Waals surface area (Å²) in [5.41, 5.74) is -1.18. The first-order chi connectivity index (χ1) is 24.9. The Bertz CT molecular complexity index is 2050. The Morgan fingerprint density at radius 1 is 1.02 bits per heavy atom. The minimum absolute atomic E-state index is 0.0663. The zero-order chi connectivity index (χ0) is 36.6. The van der Waals surface area contributed by atoms with Gasteiger partial charge in [0.1, 0.15) is 35.1 Å². The molecule has 4 aromatic rings. The molecule has 2 aromatic carbocycles. The highest BCUT2D eigenvalue weighted by Gasteiger charge is 2.63. The number of carbonyl (C=O) groups is 4. The Labute approximate surface area is 302 Å². The third kappa shape index (κ3) is 7.24. The number of nitrogens with one attached hydrogen (secondary N) is 2. The molecule has 7 rings (SSSR count). The summed E-state index contributed by atoms with van der Waals surface area (Å²) in [5.74, 6) is -1.31. The van der Waals surface area contributed by atoms with Crippen LogP contribution in [0.5, 0.6) is 5.88 Å². The van der Waals surface area contributed by atoms with E-state index in [2.05, 4.69) is 15.8 Å². The molecule has 272 valence electrons. The number of nitrogens with zero attached hydrogens (tertiary/aromatic N) is 3. The molecule has 2 N–H and O–H groups in total. The van der Waals surface area contributed by atoms with Gasteiger partial charge in [0.15, 0.2) is 5.69 Å². The van der Waals surface area contributed by atoms with E-state index in [0.29, 0.717) is 30.9 Å². The van der Waals surface area contributed by atoms with Crippen LogP contribution >= 0.6 is 0 Å². The van der Waals surface area contributed by atoms with Crippen LogP contribution in [0.15, 0.2) is 71.3 Å². The number of allylic oxidation sites excluding steroid dienone is 1. The van der Waals surface area contributed by atoms with E-state index in [1.165, 1.54) is 11.0 Å². The number of para-hydroxylation sites is 1. The van der Waals surface area contributed by atoms with Gasteiger partial charge in [0.25, 0.3) is 5.91 Å². The van der Waals surface area contributed by atoms with Crippen LogP contribution in [-0.4, -0.2) is 74.6 Å². The van der Waals surface area contributed by atoms with Crippen LogP contribution in [0, 0.1) is 12.8 Å². The SMILES string of the molecule is Cc1cc(C(=O)N[C@H]2CCCCC/C=C\[C@@H]3C[C@@]3(C(=O)OC(C)(C)C)NC(=O)[C@@H]3C[C@@H](Oc4nc5ccccc5c5ccccc45)CN3C2=O)no1. The minimum Gasteiger partial charge on any atom is -0.472 e. The van der Waals surface area contributed by atoms with E-state index in [1.54, 1.807) is 27.7 Å². The van der Waals surface area contributed by atoms with Crippen molar-refractivity contribution in [1.29, 1.82) is 0 Å². The van der Waals surface area contributed by atoms with Gasteiger partial charge in [-0.15, -0.1) is 0 Å². The lowest BCUT2D eigenvalue weighted by Crippen LogP contribution is -2.57. The van der Waals surface area contributed by atoms with Crippen molar-refractivity contribution in [3.05, 3.63) is 78.2 Å². The van der Waals surface area contributed by atoms with E-state index in [4.69, 9.17) is 19.0 Å². The molecule has 1 saturated carbocycles. The molecule has 12 nitrogen and oxygen atoms in total. The molecule has 4 heterocycles. The average molecular weight is 708 g/mol. The van der Waals surface area contributed by atoms with Crippen LogP contribution in [0.4, 0.5) is 0 Å². The third-order valence-corrected chi connectivity index (χ3v) is 10.0. The predicted octanol–water partition coefficient (Wildman–Crippen LogP) is 5.57. The van der Waals surface area contributed by atoms with Crippen LogP contribution in [-0.2, 0) is 19.1 Å². The number of benzene rings is 2. The van der Waals surface area contributed by atoms with Crippen molar-refractivity contribution in [1.82, 2.24) is 25.7 Å². The maximum Gasteiger partial charge on any atom is 0.333 e. The molecule has 0 spiro atoms. The summed E-state index contributed by atoms with van der Waals surface area (Å²) in [5, 5.41) is 12.5. The van der Waals surface area contributed by atoms with Crippen molar-refractivity contribution in [2.45, 2.75) is 102 Å². The molecule has 5 atom stereocenters. The van der Waals surface area contributed by atoms with Crippen molar-refractivity contribution in [3.63, 3.8) is 0 Å². The van der Waals surface area contributed by atoms with E-state index in [1.807, 2.05) is 60.7 Å². The molecular weight excluding hydrogens is 662 g/mol. The maximum absolute atomic E-state index is 14.6. The van der Waals surface area contributed by atoms with Gasteiger partial charge in [-0.2, -0.15) is 0 Å². The van der Waals surface area contributed by atoms with Crippen LogP contribution in [0.3, 0.4) is 0 Å². The van der Waals surface area contributed by atoms with Gasteiger partial charge in [0.2, 0.25) is 17.7 Å². The highest BCUT2D eigenvalue weighted by atomic mass is 16.6. The molecular formula is C40H45N5O7. The van der Waals surface area contributed by atoms with Gasteiger partial charge >= 0.3 is 5.97 Å². The summed E-state index contributed by atoms with van der Waals surface area (Å²) in [6, 6.07) is 15.2. The fourth-order valence-corrected chi connectivity index (χ4v) is 7.33. The molecule has 0 radical (unpaired) electrons. The number of fused-ring (bicyclic) bond motifs is 5. The molecule has 3 amide bonds. The summed E-state index contributed by atoms with van der Waals surface area (Å²) in [7, 11) is 0. The Hall–Kier alpha value is -5.26. The van der Waals surface area contributed by atoms with Crippen molar-refractivity contribution in [3.8, 4) is 5.88 Å². The molecule has 12 heteroatoms. The molecule has 2 fully saturated rings. The lowest BCUT2D eigenvalue weighted by molar-refractivity contribution is -0.160. The molecule has 3 aliphatic rings. The van der Waals surface area contributed by atoms with Gasteiger partial charge in [0.05, 0.1) is 12.1 Å². The fourth-order valence-electron chi connectivity index (χ4n) is 7.33. The highest BCUT2D eigenvalue weighted by molar-refractivity contribution is 6.07. The van der Waals surface area contributed by atoms with Gasteiger partial charge in [-0.1, -0.05) is 66.5 Å². The Morgan fingerprint density at radius 2 is 1.77 bits per heavy atom. The second-order valence-corrected chi connectivity index (χ2v) is 15.1. The standard InChI is InChI=1S/C40H45N5O7/c1-24-20-32(44-52-24)34(46)41-31-19-9-7-5-6-8-14-25-22-40(25,38(49)51-39(2,3)4)43-35(47)33-21-26(23-45(33)37(31)48)50-36-29-17-11-10-15-27(29)28-16-12-13-18-30(28)42-36/h8,10-18,20,25-26,31,33H,5-7,9,19,21-23H2,1-4H3,(H,41,46)(H,43,47)/b14-8-/t25-,26-,31+,33+,40-/m1/s1. The quantitative estimate of drug-likeness (QED) is 0.154. The number of pyridine rings is 1. The molecule has 1 saturated heterocycles. The number of esters is 1. The topological polar surface area (TPSA) is 153 Å². The second kappa shape index (κ2) is 14.0. The Kier molecular flexibility index (Phi) is 9.50. The normalized spacial score (nSPS) is 26.0. The highest BCUT2D eigenvalue weighted by Crippen LogP contribution is 2.47. The maximum atomic E-state index is 14.6. The lowest BCUT2D eigenvalue weighted by Gasteiger charge is -2.30. The van der Waals surface area contributed by atoms with Gasteiger partial charge in [-0.05, 0) is 70.9 Å². The monoisotopic (exact) mass is 707 g/mol. The molecule has 1 aliphatic carbocycles.